The Morgan fingerprint density at radius 1 is 1.29 bits per heavy atom. The van der Waals surface area contributed by atoms with Gasteiger partial charge in [-0.3, -0.25) is 4.79 Å². The zero-order valence-corrected chi connectivity index (χ0v) is 17.6. The highest BCUT2D eigenvalue weighted by Crippen LogP contribution is 2.56. The van der Waals surface area contributed by atoms with E-state index in [1.807, 2.05) is 12.3 Å². The predicted molar refractivity (Wildman–Crippen MR) is 113 cm³/mol. The highest BCUT2D eigenvalue weighted by atomic mass is 16.5. The maximum atomic E-state index is 12.2. The van der Waals surface area contributed by atoms with Crippen molar-refractivity contribution in [3.05, 3.63) is 24.4 Å². The molecule has 1 amide bonds. The predicted octanol–water partition coefficient (Wildman–Crippen LogP) is 2.67. The molecule has 4 aliphatic carbocycles. The Bertz CT molecular complexity index is 1150. The van der Waals surface area contributed by atoms with Gasteiger partial charge in [-0.1, -0.05) is 5.16 Å². The molecule has 3 N–H and O–H groups in total. The van der Waals surface area contributed by atoms with Crippen molar-refractivity contribution >= 4 is 22.6 Å². The lowest BCUT2D eigenvalue weighted by Gasteiger charge is -2.58. The lowest BCUT2D eigenvalue weighted by molar-refractivity contribution is -0.129. The van der Waals surface area contributed by atoms with Gasteiger partial charge in [-0.05, 0) is 55.9 Å². The number of fused-ring (bicyclic) bond motifs is 1. The van der Waals surface area contributed by atoms with Crippen molar-refractivity contribution in [2.45, 2.75) is 43.7 Å². The number of hydrogen-bond acceptors (Lipinski definition) is 7. The van der Waals surface area contributed by atoms with Crippen LogP contribution in [0.15, 0.2) is 23.0 Å². The molecule has 3 unspecified atom stereocenters. The quantitative estimate of drug-likeness (QED) is 0.591. The molecule has 0 aliphatic heterocycles. The fraction of sp³-hybridized carbons (Fsp3) is 0.545. The number of carbonyl (C=O) groups is 1. The molecule has 9 heteroatoms. The van der Waals surface area contributed by atoms with Crippen LogP contribution in [-0.2, 0) is 0 Å². The molecule has 0 spiro atoms. The average molecular weight is 422 g/mol. The van der Waals surface area contributed by atoms with E-state index in [9.17, 15) is 9.90 Å². The van der Waals surface area contributed by atoms with Gasteiger partial charge in [0.2, 0.25) is 5.82 Å². The zero-order chi connectivity index (χ0) is 21.3. The second-order valence-corrected chi connectivity index (χ2v) is 9.77. The number of aliphatic hydroxyl groups is 1. The molecule has 4 bridgehead atoms. The van der Waals surface area contributed by atoms with Gasteiger partial charge in [-0.25, -0.2) is 4.98 Å². The van der Waals surface area contributed by atoms with Gasteiger partial charge in [0.25, 0.3) is 0 Å². The van der Waals surface area contributed by atoms with Crippen molar-refractivity contribution in [3.63, 3.8) is 0 Å². The van der Waals surface area contributed by atoms with E-state index in [1.54, 1.807) is 20.3 Å². The minimum atomic E-state index is -0.478. The van der Waals surface area contributed by atoms with Crippen LogP contribution in [0.5, 0.6) is 0 Å². The van der Waals surface area contributed by atoms with Crippen LogP contribution in [0.3, 0.4) is 0 Å². The van der Waals surface area contributed by atoms with Gasteiger partial charge in [0.05, 0.1) is 16.9 Å². The Kier molecular flexibility index (Phi) is 3.96. The lowest BCUT2D eigenvalue weighted by Crippen LogP contribution is -2.59. The molecule has 5 atom stereocenters. The Hall–Kier alpha value is -2.94. The Labute approximate surface area is 179 Å². The number of hydrogen-bond donors (Lipinski definition) is 3. The molecular formula is C22H26N6O3. The standard InChI is InChI=1S/C22H26N6O3/c1-28(2)21(29)20-26-19(27-31-20)15-10-24-18-14(3-4-23-18)17(15)25-16-12-5-11-6-13(16)9-22(30,7-11)8-12/h3-4,10-13,16,30H,5-9H2,1-2H3,(H2,23,24,25)/t11?,12-,13+,16?,22?. The molecule has 4 saturated carbocycles. The summed E-state index contributed by atoms with van der Waals surface area (Å²) in [6.45, 7) is 0. The smallest absolute Gasteiger partial charge is 0.316 e. The first-order valence-corrected chi connectivity index (χ1v) is 10.9. The monoisotopic (exact) mass is 422 g/mol. The van der Waals surface area contributed by atoms with Crippen LogP contribution < -0.4 is 5.32 Å². The van der Waals surface area contributed by atoms with Crippen molar-refractivity contribution in [1.29, 1.82) is 0 Å². The number of aromatic nitrogens is 4. The second-order valence-electron chi connectivity index (χ2n) is 9.77. The fourth-order valence-electron chi connectivity index (χ4n) is 6.33. The van der Waals surface area contributed by atoms with Crippen LogP contribution >= 0.6 is 0 Å². The summed E-state index contributed by atoms with van der Waals surface area (Å²) in [5.74, 6) is 1.49. The molecule has 3 heterocycles. The summed E-state index contributed by atoms with van der Waals surface area (Å²) < 4.78 is 5.24. The highest BCUT2D eigenvalue weighted by Gasteiger charge is 2.54. The lowest BCUT2D eigenvalue weighted by atomic mass is 9.52. The van der Waals surface area contributed by atoms with Crippen LogP contribution in [0, 0.1) is 17.8 Å². The summed E-state index contributed by atoms with van der Waals surface area (Å²) in [5, 5.41) is 19.8. The van der Waals surface area contributed by atoms with E-state index < -0.39 is 5.60 Å². The van der Waals surface area contributed by atoms with Gasteiger partial charge in [-0.2, -0.15) is 4.98 Å². The number of amides is 1. The third-order valence-corrected chi connectivity index (χ3v) is 7.39. The highest BCUT2D eigenvalue weighted by molar-refractivity contribution is 5.97. The van der Waals surface area contributed by atoms with Crippen molar-refractivity contribution < 1.29 is 14.4 Å². The molecular weight excluding hydrogens is 396 g/mol. The molecule has 0 aromatic carbocycles. The van der Waals surface area contributed by atoms with E-state index in [0.29, 0.717) is 29.1 Å². The van der Waals surface area contributed by atoms with E-state index in [2.05, 4.69) is 25.4 Å². The first kappa shape index (κ1) is 18.8. The fourth-order valence-corrected chi connectivity index (χ4v) is 6.33. The second kappa shape index (κ2) is 6.53. The Balaban J connectivity index is 1.39. The Morgan fingerprint density at radius 3 is 2.77 bits per heavy atom. The van der Waals surface area contributed by atoms with Gasteiger partial charge in [0.1, 0.15) is 5.65 Å². The van der Waals surface area contributed by atoms with Crippen LogP contribution in [0.2, 0.25) is 0 Å². The number of pyridine rings is 1. The Morgan fingerprint density at radius 2 is 2.06 bits per heavy atom. The molecule has 0 saturated heterocycles. The van der Waals surface area contributed by atoms with Crippen LogP contribution in [0.1, 0.15) is 42.8 Å². The number of aromatic amines is 1. The number of rotatable bonds is 4. The number of anilines is 1. The van der Waals surface area contributed by atoms with E-state index in [4.69, 9.17) is 4.52 Å². The molecule has 162 valence electrons. The third-order valence-electron chi connectivity index (χ3n) is 7.39. The number of carbonyl (C=O) groups excluding carboxylic acids is 1. The van der Waals surface area contributed by atoms with Gasteiger partial charge >= 0.3 is 11.8 Å². The molecule has 4 fully saturated rings. The first-order valence-electron chi connectivity index (χ1n) is 10.9. The SMILES string of the molecule is CN(C)C(=O)c1nc(-c2cnc3[nH]ccc3c2NC2[C@@H]3CC4C[C@H]2CC(O)(C4)C3)no1. The number of nitrogens with zero attached hydrogens (tertiary/aromatic N) is 4. The van der Waals surface area contributed by atoms with Crippen molar-refractivity contribution in [1.82, 2.24) is 25.0 Å². The number of H-pyrrole nitrogens is 1. The summed E-state index contributed by atoms with van der Waals surface area (Å²) in [6.07, 6.45) is 8.59. The van der Waals surface area contributed by atoms with Crippen LogP contribution in [0.25, 0.3) is 22.4 Å². The molecule has 3 aromatic rings. The first-order chi connectivity index (χ1) is 14.9. The molecule has 7 rings (SSSR count). The summed E-state index contributed by atoms with van der Waals surface area (Å²) >= 11 is 0. The van der Waals surface area contributed by atoms with E-state index >= 15 is 0 Å². The minimum absolute atomic E-state index is 0.0445. The van der Waals surface area contributed by atoms with Gasteiger partial charge < -0.3 is 24.8 Å². The van der Waals surface area contributed by atoms with Crippen LogP contribution in [-0.4, -0.2) is 61.8 Å². The maximum absolute atomic E-state index is 12.2. The van der Waals surface area contributed by atoms with Crippen molar-refractivity contribution in [2.24, 2.45) is 17.8 Å². The van der Waals surface area contributed by atoms with Gasteiger partial charge in [0, 0.05) is 37.9 Å². The van der Waals surface area contributed by atoms with Crippen molar-refractivity contribution in [3.8, 4) is 11.4 Å². The maximum Gasteiger partial charge on any atom is 0.316 e. The molecule has 3 aromatic heterocycles. The van der Waals surface area contributed by atoms with E-state index in [-0.39, 0.29) is 17.8 Å². The average Bonchev–Trinajstić information content (AvgIpc) is 3.38. The van der Waals surface area contributed by atoms with Gasteiger partial charge in [-0.15, -0.1) is 0 Å². The van der Waals surface area contributed by atoms with Crippen LogP contribution in [0.4, 0.5) is 5.69 Å². The van der Waals surface area contributed by atoms with Gasteiger partial charge in [0.15, 0.2) is 0 Å². The summed E-state index contributed by atoms with van der Waals surface area (Å²) in [7, 11) is 3.29. The van der Waals surface area contributed by atoms with Crippen molar-refractivity contribution in [2.75, 3.05) is 19.4 Å². The summed E-state index contributed by atoms with van der Waals surface area (Å²) in [4.78, 5) is 25.7. The van der Waals surface area contributed by atoms with E-state index in [1.165, 1.54) is 4.90 Å². The molecule has 31 heavy (non-hydrogen) atoms. The summed E-state index contributed by atoms with van der Waals surface area (Å²) in [5.41, 5.74) is 1.91. The largest absolute Gasteiger partial charge is 0.390 e. The summed E-state index contributed by atoms with van der Waals surface area (Å²) in [6, 6.07) is 2.27. The molecule has 9 nitrogen and oxygen atoms in total. The molecule has 0 radical (unpaired) electrons. The topological polar surface area (TPSA) is 120 Å². The number of nitrogens with one attached hydrogen (secondary N) is 2. The van der Waals surface area contributed by atoms with E-state index in [0.717, 1.165) is 48.8 Å². The zero-order valence-electron chi connectivity index (χ0n) is 17.6. The normalized spacial score (nSPS) is 31.3. The molecule has 4 aliphatic rings. The third kappa shape index (κ3) is 2.94. The minimum Gasteiger partial charge on any atom is -0.390 e.